The molecule has 2 heterocycles. The average molecular weight is 309 g/mol. The lowest BCUT2D eigenvalue weighted by Crippen LogP contribution is -2.47. The first kappa shape index (κ1) is 14.3. The lowest BCUT2D eigenvalue weighted by atomic mass is 9.92. The van der Waals surface area contributed by atoms with Crippen LogP contribution in [-0.2, 0) is 17.6 Å². The fourth-order valence-electron chi connectivity index (χ4n) is 3.11. The van der Waals surface area contributed by atoms with Crippen molar-refractivity contribution in [2.75, 3.05) is 11.9 Å². The molecule has 1 aliphatic carbocycles. The van der Waals surface area contributed by atoms with Gasteiger partial charge in [-0.25, -0.2) is 9.78 Å². The number of carboxylic acid groups (broad SMARTS) is 1. The second-order valence-electron chi connectivity index (χ2n) is 5.77. The van der Waals surface area contributed by atoms with Gasteiger partial charge in [0, 0.05) is 17.5 Å². The van der Waals surface area contributed by atoms with E-state index in [0.29, 0.717) is 24.5 Å². The number of nitrogens with zero attached hydrogens (tertiary/aromatic N) is 2. The Morgan fingerprint density at radius 2 is 2.24 bits per heavy atom. The van der Waals surface area contributed by atoms with Crippen molar-refractivity contribution in [3.05, 3.63) is 10.6 Å². The number of carbonyl (C=O) groups excluding carboxylic acids is 1. The van der Waals surface area contributed by atoms with Crippen molar-refractivity contribution in [3.63, 3.8) is 0 Å². The van der Waals surface area contributed by atoms with Crippen molar-refractivity contribution >= 4 is 28.5 Å². The van der Waals surface area contributed by atoms with E-state index in [1.807, 2.05) is 6.92 Å². The summed E-state index contributed by atoms with van der Waals surface area (Å²) in [5.41, 5.74) is 1.12. The number of hydrogen-bond acceptors (Lipinski definition) is 4. The number of thiazole rings is 1. The predicted octanol–water partition coefficient (Wildman–Crippen LogP) is 2.35. The highest BCUT2D eigenvalue weighted by Crippen LogP contribution is 2.31. The first-order valence-corrected chi connectivity index (χ1v) is 8.15. The van der Waals surface area contributed by atoms with E-state index in [1.165, 1.54) is 4.88 Å². The van der Waals surface area contributed by atoms with Gasteiger partial charge in [-0.1, -0.05) is 0 Å². The Morgan fingerprint density at radius 1 is 1.43 bits per heavy atom. The third-order valence-electron chi connectivity index (χ3n) is 4.30. The van der Waals surface area contributed by atoms with Crippen molar-refractivity contribution in [1.82, 2.24) is 9.88 Å². The molecule has 7 heteroatoms. The monoisotopic (exact) mass is 309 g/mol. The molecule has 2 amide bonds. The normalized spacial score (nSPS) is 24.7. The predicted molar refractivity (Wildman–Crippen MR) is 79.7 cm³/mol. The molecule has 1 aliphatic heterocycles. The summed E-state index contributed by atoms with van der Waals surface area (Å²) in [7, 11) is 0. The molecule has 0 saturated carbocycles. The number of anilines is 1. The van der Waals surface area contributed by atoms with Crippen LogP contribution >= 0.6 is 11.3 Å². The standard InChI is InChI=1S/C14H19N3O3S/c1-8-7-9(12(18)19)5-6-17(8)14(20)16-13-15-10-3-2-4-11(10)21-13/h8-9H,2-7H2,1H3,(H,18,19)(H,15,16,20). The molecule has 0 aromatic carbocycles. The molecule has 0 spiro atoms. The number of urea groups is 1. The van der Waals surface area contributed by atoms with Gasteiger partial charge in [-0.05, 0) is 39.0 Å². The number of piperidine rings is 1. The molecule has 1 aromatic heterocycles. The molecular formula is C14H19N3O3S. The number of likely N-dealkylation sites (tertiary alicyclic amines) is 1. The van der Waals surface area contributed by atoms with Crippen LogP contribution in [-0.4, -0.2) is 39.6 Å². The highest BCUT2D eigenvalue weighted by Gasteiger charge is 2.32. The van der Waals surface area contributed by atoms with Gasteiger partial charge < -0.3 is 10.0 Å². The first-order valence-electron chi connectivity index (χ1n) is 7.33. The molecule has 2 N–H and O–H groups in total. The number of aromatic nitrogens is 1. The van der Waals surface area contributed by atoms with Crippen LogP contribution in [0.4, 0.5) is 9.93 Å². The number of amides is 2. The zero-order valence-electron chi connectivity index (χ0n) is 12.0. The molecular weight excluding hydrogens is 290 g/mol. The maximum Gasteiger partial charge on any atom is 0.323 e. The van der Waals surface area contributed by atoms with E-state index >= 15 is 0 Å². The van der Waals surface area contributed by atoms with Crippen LogP contribution in [0, 0.1) is 5.92 Å². The smallest absolute Gasteiger partial charge is 0.323 e. The van der Waals surface area contributed by atoms with Gasteiger partial charge in [0.05, 0.1) is 11.6 Å². The van der Waals surface area contributed by atoms with Crippen LogP contribution in [0.15, 0.2) is 0 Å². The molecule has 6 nitrogen and oxygen atoms in total. The maximum absolute atomic E-state index is 12.3. The van der Waals surface area contributed by atoms with Gasteiger partial charge in [0.1, 0.15) is 0 Å². The lowest BCUT2D eigenvalue weighted by molar-refractivity contribution is -0.143. The largest absolute Gasteiger partial charge is 0.481 e. The Labute approximate surface area is 127 Å². The van der Waals surface area contributed by atoms with E-state index in [9.17, 15) is 9.59 Å². The topological polar surface area (TPSA) is 82.5 Å². The van der Waals surface area contributed by atoms with Crippen LogP contribution in [0.2, 0.25) is 0 Å². The van der Waals surface area contributed by atoms with Gasteiger partial charge in [0.2, 0.25) is 0 Å². The highest BCUT2D eigenvalue weighted by atomic mass is 32.1. The molecule has 2 aliphatic rings. The van der Waals surface area contributed by atoms with Crippen LogP contribution in [0.1, 0.15) is 36.8 Å². The van der Waals surface area contributed by atoms with E-state index < -0.39 is 5.97 Å². The molecule has 2 atom stereocenters. The molecule has 21 heavy (non-hydrogen) atoms. The summed E-state index contributed by atoms with van der Waals surface area (Å²) in [5.74, 6) is -1.11. The summed E-state index contributed by atoms with van der Waals surface area (Å²) in [6, 6.07) is -0.231. The lowest BCUT2D eigenvalue weighted by Gasteiger charge is -2.35. The number of carboxylic acids is 1. The number of rotatable bonds is 2. The fraction of sp³-hybridized carbons (Fsp3) is 0.643. The summed E-state index contributed by atoms with van der Waals surface area (Å²) >= 11 is 1.56. The molecule has 1 aromatic rings. The van der Waals surface area contributed by atoms with Crippen molar-refractivity contribution in [1.29, 1.82) is 0 Å². The van der Waals surface area contributed by atoms with Crippen LogP contribution < -0.4 is 5.32 Å². The summed E-state index contributed by atoms with van der Waals surface area (Å²) in [6.07, 6.45) is 4.24. The van der Waals surface area contributed by atoms with Gasteiger partial charge in [-0.2, -0.15) is 0 Å². The molecule has 2 unspecified atom stereocenters. The van der Waals surface area contributed by atoms with Crippen molar-refractivity contribution in [2.45, 2.75) is 45.1 Å². The molecule has 3 rings (SSSR count). The number of aliphatic carboxylic acids is 1. The summed E-state index contributed by atoms with van der Waals surface area (Å²) in [4.78, 5) is 30.8. The van der Waals surface area contributed by atoms with Gasteiger partial charge >= 0.3 is 12.0 Å². The van der Waals surface area contributed by atoms with Crippen LogP contribution in [0.5, 0.6) is 0 Å². The zero-order valence-corrected chi connectivity index (χ0v) is 12.8. The van der Waals surface area contributed by atoms with Crippen LogP contribution in [0.3, 0.4) is 0 Å². The van der Waals surface area contributed by atoms with Crippen LogP contribution in [0.25, 0.3) is 0 Å². The second kappa shape index (κ2) is 5.63. The number of aryl methyl sites for hydroxylation is 2. The van der Waals surface area contributed by atoms with E-state index in [0.717, 1.165) is 25.0 Å². The van der Waals surface area contributed by atoms with E-state index in [4.69, 9.17) is 5.11 Å². The Kier molecular flexibility index (Phi) is 3.84. The van der Waals surface area contributed by atoms with E-state index in [-0.39, 0.29) is 18.0 Å². The first-order chi connectivity index (χ1) is 10.0. The third kappa shape index (κ3) is 2.88. The maximum atomic E-state index is 12.3. The van der Waals surface area contributed by atoms with Crippen molar-refractivity contribution in [2.24, 2.45) is 5.92 Å². The summed E-state index contributed by atoms with van der Waals surface area (Å²) in [5, 5.41) is 12.6. The Balaban J connectivity index is 1.61. The molecule has 0 bridgehead atoms. The van der Waals surface area contributed by atoms with Gasteiger partial charge in [0.25, 0.3) is 0 Å². The minimum atomic E-state index is -0.766. The molecule has 1 fully saturated rings. The third-order valence-corrected chi connectivity index (χ3v) is 5.37. The van der Waals surface area contributed by atoms with Crippen molar-refractivity contribution in [3.8, 4) is 0 Å². The second-order valence-corrected chi connectivity index (χ2v) is 6.86. The van der Waals surface area contributed by atoms with Gasteiger partial charge in [0.15, 0.2) is 5.13 Å². The molecule has 114 valence electrons. The summed E-state index contributed by atoms with van der Waals surface area (Å²) < 4.78 is 0. The fourth-order valence-corrected chi connectivity index (χ4v) is 4.14. The molecule has 1 saturated heterocycles. The van der Waals surface area contributed by atoms with Crippen molar-refractivity contribution < 1.29 is 14.7 Å². The zero-order chi connectivity index (χ0) is 15.0. The summed E-state index contributed by atoms with van der Waals surface area (Å²) in [6.45, 7) is 2.38. The van der Waals surface area contributed by atoms with Gasteiger partial charge in [-0.3, -0.25) is 10.1 Å². The number of hydrogen-bond donors (Lipinski definition) is 2. The average Bonchev–Trinajstić information content (AvgIpc) is 2.99. The minimum Gasteiger partial charge on any atom is -0.481 e. The quantitative estimate of drug-likeness (QED) is 0.878. The minimum absolute atomic E-state index is 0.0633. The number of carbonyl (C=O) groups is 2. The number of fused-ring (bicyclic) bond motifs is 1. The Morgan fingerprint density at radius 3 is 2.90 bits per heavy atom. The highest BCUT2D eigenvalue weighted by molar-refractivity contribution is 7.15. The van der Waals surface area contributed by atoms with E-state index in [1.54, 1.807) is 16.2 Å². The molecule has 0 radical (unpaired) electrons. The Bertz CT molecular complexity index is 550. The van der Waals surface area contributed by atoms with Gasteiger partial charge in [-0.15, -0.1) is 11.3 Å². The SMILES string of the molecule is CC1CC(C(=O)O)CCN1C(=O)Nc1nc2c(s1)CCC2. The Hall–Kier alpha value is -1.63. The van der Waals surface area contributed by atoms with E-state index in [2.05, 4.69) is 10.3 Å². The number of nitrogens with one attached hydrogen (secondary N) is 1.